The third-order valence-electron chi connectivity index (χ3n) is 4.17. The summed E-state index contributed by atoms with van der Waals surface area (Å²) in [5.41, 5.74) is 5.36. The number of hydrogen-bond acceptors (Lipinski definition) is 1. The fourth-order valence-electron chi connectivity index (χ4n) is 2.89. The van der Waals surface area contributed by atoms with Crippen LogP contribution in [-0.2, 0) is 0 Å². The Hall–Kier alpha value is -0.523. The van der Waals surface area contributed by atoms with Crippen LogP contribution in [0.4, 0.5) is 0 Å². The Morgan fingerprint density at radius 3 is 1.61 bits per heavy atom. The molecule has 0 spiro atoms. The summed E-state index contributed by atoms with van der Waals surface area (Å²) in [6.45, 7) is 19.4. The lowest BCUT2D eigenvalue weighted by molar-refractivity contribution is 0.195. The molecule has 0 aliphatic rings. The minimum Gasteiger partial charge on any atom is -0.380 e. The fourth-order valence-corrected chi connectivity index (χ4v) is 8.16. The highest BCUT2D eigenvalue weighted by atomic mass is 28.3. The van der Waals surface area contributed by atoms with Crippen molar-refractivity contribution in [2.45, 2.75) is 71.2 Å². The largest absolute Gasteiger partial charge is 0.380 e. The molecule has 0 bridgehead atoms. The molecule has 0 aliphatic heterocycles. The Labute approximate surface area is 115 Å². The number of aliphatic hydroxyl groups is 1. The van der Waals surface area contributed by atoms with Crippen LogP contribution in [0, 0.1) is 17.4 Å². The predicted octanol–water partition coefficient (Wildman–Crippen LogP) is 4.39. The van der Waals surface area contributed by atoms with Gasteiger partial charge >= 0.3 is 0 Å². The lowest BCUT2D eigenvalue weighted by Crippen LogP contribution is -2.43. The molecular weight excluding hydrogens is 236 g/mol. The van der Waals surface area contributed by atoms with Crippen molar-refractivity contribution in [2.24, 2.45) is 5.92 Å². The zero-order valence-electron chi connectivity index (χ0n) is 13.1. The lowest BCUT2D eigenvalue weighted by Gasteiger charge is -2.38. The van der Waals surface area contributed by atoms with E-state index < -0.39 is 14.2 Å². The number of rotatable bonds is 5. The number of hydrogen-bond donors (Lipinski definition) is 1. The van der Waals surface area contributed by atoms with Gasteiger partial charge in [0.1, 0.15) is 14.2 Å². The predicted molar refractivity (Wildman–Crippen MR) is 84.2 cm³/mol. The van der Waals surface area contributed by atoms with E-state index in [1.807, 2.05) is 6.92 Å². The highest BCUT2D eigenvalue weighted by Crippen LogP contribution is 2.40. The first-order chi connectivity index (χ1) is 8.20. The van der Waals surface area contributed by atoms with Crippen LogP contribution in [0.15, 0.2) is 12.7 Å². The molecule has 0 saturated carbocycles. The second-order valence-corrected chi connectivity index (χ2v) is 11.8. The molecule has 0 aromatic carbocycles. The van der Waals surface area contributed by atoms with Crippen LogP contribution in [0.25, 0.3) is 0 Å². The molecule has 0 aliphatic carbocycles. The van der Waals surface area contributed by atoms with E-state index in [-0.39, 0.29) is 5.92 Å². The van der Waals surface area contributed by atoms with Crippen molar-refractivity contribution in [2.75, 3.05) is 0 Å². The van der Waals surface area contributed by atoms with Gasteiger partial charge in [0, 0.05) is 5.92 Å². The van der Waals surface area contributed by atoms with Crippen LogP contribution in [0.3, 0.4) is 0 Å². The molecule has 0 saturated heterocycles. The third kappa shape index (κ3) is 3.73. The van der Waals surface area contributed by atoms with Gasteiger partial charge in [-0.3, -0.25) is 0 Å². The summed E-state index contributed by atoms with van der Waals surface area (Å²) in [5, 5.41) is 10.0. The van der Waals surface area contributed by atoms with Gasteiger partial charge in [0.25, 0.3) is 0 Å². The molecule has 0 fully saturated rings. The summed E-state index contributed by atoms with van der Waals surface area (Å²) in [6.07, 6.45) is 1.19. The van der Waals surface area contributed by atoms with Crippen molar-refractivity contribution in [3.63, 3.8) is 0 Å². The molecule has 1 N–H and O–H groups in total. The maximum atomic E-state index is 10.0. The highest BCUT2D eigenvalue weighted by Gasteiger charge is 2.41. The van der Waals surface area contributed by atoms with Gasteiger partial charge in [-0.2, -0.15) is 0 Å². The second kappa shape index (κ2) is 7.16. The van der Waals surface area contributed by atoms with E-state index in [0.29, 0.717) is 16.6 Å². The van der Waals surface area contributed by atoms with Crippen molar-refractivity contribution in [1.29, 1.82) is 0 Å². The quantitative estimate of drug-likeness (QED) is 0.444. The van der Waals surface area contributed by atoms with E-state index in [0.717, 1.165) is 0 Å². The van der Waals surface area contributed by atoms with Crippen molar-refractivity contribution in [3.8, 4) is 11.5 Å². The van der Waals surface area contributed by atoms with Gasteiger partial charge in [-0.1, -0.05) is 60.5 Å². The Kier molecular flexibility index (Phi) is 6.95. The molecule has 0 aromatic rings. The number of aliphatic hydroxyl groups excluding tert-OH is 1. The van der Waals surface area contributed by atoms with Crippen LogP contribution in [-0.4, -0.2) is 19.3 Å². The van der Waals surface area contributed by atoms with Gasteiger partial charge in [0.2, 0.25) is 0 Å². The fraction of sp³-hybridized carbons (Fsp3) is 0.750. The normalized spacial score (nSPS) is 15.5. The van der Waals surface area contributed by atoms with Gasteiger partial charge in [0.05, 0.1) is 0 Å². The average molecular weight is 267 g/mol. The molecule has 0 unspecified atom stereocenters. The summed E-state index contributed by atoms with van der Waals surface area (Å²) in [4.78, 5) is 0. The molecule has 0 aromatic heterocycles. The lowest BCUT2D eigenvalue weighted by atomic mass is 10.1. The van der Waals surface area contributed by atoms with Crippen molar-refractivity contribution < 1.29 is 5.11 Å². The second-order valence-electron chi connectivity index (χ2n) is 6.21. The standard InChI is InChI=1S/C16H30OSi/c1-9-15(8)16(17)10-11-18(12(2)3,13(4)5)14(6)7/h9,12-17H,1H2,2-8H3/t15-,16+/m0/s1. The third-order valence-corrected chi connectivity index (χ3v) is 10.5. The molecule has 0 heterocycles. The molecular formula is C16H30OSi. The minimum absolute atomic E-state index is 0.0377. The Morgan fingerprint density at radius 1 is 0.944 bits per heavy atom. The van der Waals surface area contributed by atoms with E-state index in [1.54, 1.807) is 6.08 Å². The van der Waals surface area contributed by atoms with Gasteiger partial charge in [-0.25, -0.2) is 0 Å². The van der Waals surface area contributed by atoms with E-state index in [2.05, 4.69) is 59.6 Å². The zero-order chi connectivity index (χ0) is 14.5. The topological polar surface area (TPSA) is 20.2 Å². The van der Waals surface area contributed by atoms with Crippen molar-refractivity contribution in [1.82, 2.24) is 0 Å². The molecule has 18 heavy (non-hydrogen) atoms. The van der Waals surface area contributed by atoms with E-state index in [1.165, 1.54) is 0 Å². The van der Waals surface area contributed by atoms with Crippen LogP contribution in [0.1, 0.15) is 48.5 Å². The first-order valence-electron chi connectivity index (χ1n) is 7.03. The monoisotopic (exact) mass is 266 g/mol. The molecule has 0 rings (SSSR count). The van der Waals surface area contributed by atoms with Crippen LogP contribution >= 0.6 is 0 Å². The summed E-state index contributed by atoms with van der Waals surface area (Å²) >= 11 is 0. The van der Waals surface area contributed by atoms with E-state index >= 15 is 0 Å². The van der Waals surface area contributed by atoms with Gasteiger partial charge < -0.3 is 5.11 Å². The Morgan fingerprint density at radius 2 is 1.33 bits per heavy atom. The van der Waals surface area contributed by atoms with Crippen LogP contribution in [0.5, 0.6) is 0 Å². The molecule has 0 radical (unpaired) electrons. The summed E-state index contributed by atoms with van der Waals surface area (Å²) < 4.78 is 0. The van der Waals surface area contributed by atoms with Crippen molar-refractivity contribution >= 4 is 8.07 Å². The minimum atomic E-state index is -1.70. The zero-order valence-corrected chi connectivity index (χ0v) is 14.1. The summed E-state index contributed by atoms with van der Waals surface area (Å²) in [7, 11) is -1.70. The van der Waals surface area contributed by atoms with Gasteiger partial charge in [0.15, 0.2) is 0 Å². The Bertz CT molecular complexity index is 298. The first-order valence-corrected chi connectivity index (χ1v) is 9.26. The Balaban J connectivity index is 5.38. The van der Waals surface area contributed by atoms with Gasteiger partial charge in [-0.15, -0.1) is 12.1 Å². The smallest absolute Gasteiger partial charge is 0.146 e. The summed E-state index contributed by atoms with van der Waals surface area (Å²) in [5.74, 6) is 3.15. The van der Waals surface area contributed by atoms with Crippen LogP contribution < -0.4 is 0 Å². The molecule has 1 nitrogen and oxygen atoms in total. The van der Waals surface area contributed by atoms with Gasteiger partial charge in [-0.05, 0) is 16.6 Å². The molecule has 104 valence electrons. The average Bonchev–Trinajstić information content (AvgIpc) is 2.26. The van der Waals surface area contributed by atoms with E-state index in [4.69, 9.17) is 0 Å². The SMILES string of the molecule is C=C[C@H](C)[C@H](O)C#C[Si](C(C)C)(C(C)C)C(C)C. The molecule has 2 heteroatoms. The summed E-state index contributed by atoms with van der Waals surface area (Å²) in [6, 6.07) is 0. The van der Waals surface area contributed by atoms with Crippen LogP contribution in [0.2, 0.25) is 16.6 Å². The molecule has 0 amide bonds. The van der Waals surface area contributed by atoms with E-state index in [9.17, 15) is 5.11 Å². The maximum absolute atomic E-state index is 10.0. The first kappa shape index (κ1) is 17.5. The van der Waals surface area contributed by atoms with Crippen molar-refractivity contribution in [3.05, 3.63) is 12.7 Å². The maximum Gasteiger partial charge on any atom is 0.146 e. The highest BCUT2D eigenvalue weighted by molar-refractivity contribution is 6.90. The molecule has 2 atom stereocenters.